The Kier molecular flexibility index (Phi) is 2.95. The lowest BCUT2D eigenvalue weighted by Crippen LogP contribution is -2.46. The third-order valence-electron chi connectivity index (χ3n) is 4.15. The number of hydrogen-bond donors (Lipinski definition) is 1. The van der Waals surface area contributed by atoms with Crippen molar-refractivity contribution in [1.29, 1.82) is 0 Å². The molecule has 0 amide bonds. The minimum atomic E-state index is -1.35. The lowest BCUT2D eigenvalue weighted by Gasteiger charge is -2.45. The van der Waals surface area contributed by atoms with Crippen molar-refractivity contribution in [2.45, 2.75) is 18.8 Å². The van der Waals surface area contributed by atoms with Gasteiger partial charge in [0.25, 0.3) is 5.78 Å². The fourth-order valence-corrected chi connectivity index (χ4v) is 4.11. The number of carboxylic acid groups (broad SMARTS) is 1. The Morgan fingerprint density at radius 3 is 2.61 bits per heavy atom. The number of nitrogens with zero attached hydrogens (tertiary/aromatic N) is 1. The highest BCUT2D eigenvalue weighted by atomic mass is 32.1. The number of piperidine rings is 3. The summed E-state index contributed by atoms with van der Waals surface area (Å²) in [7, 11) is 0. The molecule has 5 heteroatoms. The molecule has 0 aromatic carbocycles. The molecule has 0 saturated carbocycles. The average molecular weight is 265 g/mol. The van der Waals surface area contributed by atoms with Crippen molar-refractivity contribution in [3.05, 3.63) is 21.9 Å². The summed E-state index contributed by atoms with van der Waals surface area (Å²) in [5, 5.41) is 10.7. The molecule has 3 saturated heterocycles. The van der Waals surface area contributed by atoms with E-state index in [0.29, 0.717) is 16.7 Å². The van der Waals surface area contributed by atoms with Crippen molar-refractivity contribution in [2.24, 2.45) is 5.92 Å². The Morgan fingerprint density at radius 1 is 1.33 bits per heavy atom. The maximum absolute atomic E-state index is 11.7. The van der Waals surface area contributed by atoms with Crippen LogP contribution in [0, 0.1) is 5.92 Å². The van der Waals surface area contributed by atoms with Crippen LogP contribution in [0.15, 0.2) is 11.4 Å². The monoisotopic (exact) mass is 265 g/mol. The van der Waals surface area contributed by atoms with E-state index in [1.54, 1.807) is 0 Å². The summed E-state index contributed by atoms with van der Waals surface area (Å²) in [6.07, 6.45) is 2.34. The Hall–Kier alpha value is -1.20. The fraction of sp³-hybridized carbons (Fsp3) is 0.538. The molecule has 1 aromatic heterocycles. The first-order chi connectivity index (χ1) is 8.66. The molecule has 4 heterocycles. The van der Waals surface area contributed by atoms with Crippen LogP contribution in [-0.2, 0) is 4.79 Å². The normalized spacial score (nSPS) is 30.3. The molecule has 4 rings (SSSR count). The summed E-state index contributed by atoms with van der Waals surface area (Å²) < 4.78 is 0. The number of rotatable bonds is 3. The lowest BCUT2D eigenvalue weighted by molar-refractivity contribution is -0.131. The molecule has 3 fully saturated rings. The Labute approximate surface area is 109 Å². The van der Waals surface area contributed by atoms with Gasteiger partial charge in [0.1, 0.15) is 0 Å². The van der Waals surface area contributed by atoms with E-state index in [1.807, 2.05) is 11.4 Å². The molecule has 18 heavy (non-hydrogen) atoms. The van der Waals surface area contributed by atoms with Crippen molar-refractivity contribution >= 4 is 23.1 Å². The van der Waals surface area contributed by atoms with Gasteiger partial charge in [-0.2, -0.15) is 0 Å². The van der Waals surface area contributed by atoms with Crippen LogP contribution in [0.2, 0.25) is 0 Å². The SMILES string of the molecule is O=C(O)C(=O)c1sccc1[C@@H]1CN2CCC1CC2. The number of ketones is 1. The number of fused-ring (bicyclic) bond motifs is 3. The van der Waals surface area contributed by atoms with E-state index in [4.69, 9.17) is 5.11 Å². The van der Waals surface area contributed by atoms with E-state index >= 15 is 0 Å². The smallest absolute Gasteiger partial charge is 0.378 e. The number of hydrogen-bond acceptors (Lipinski definition) is 4. The van der Waals surface area contributed by atoms with Gasteiger partial charge < -0.3 is 10.0 Å². The van der Waals surface area contributed by atoms with Crippen molar-refractivity contribution in [2.75, 3.05) is 19.6 Å². The Balaban J connectivity index is 1.91. The third kappa shape index (κ3) is 1.87. The highest BCUT2D eigenvalue weighted by Crippen LogP contribution is 2.41. The molecule has 1 atom stereocenters. The molecule has 0 aliphatic carbocycles. The average Bonchev–Trinajstić information content (AvgIpc) is 2.88. The van der Waals surface area contributed by atoms with Gasteiger partial charge in [-0.15, -0.1) is 11.3 Å². The standard InChI is InChI=1S/C13H15NO3S/c15-11(13(16)17)12-9(3-6-18-12)10-7-14-4-1-8(10)2-5-14/h3,6,8,10H,1-2,4-5,7H2,(H,16,17)/t10-/m1/s1. The third-order valence-corrected chi connectivity index (χ3v) is 5.08. The van der Waals surface area contributed by atoms with Crippen LogP contribution in [-0.4, -0.2) is 41.4 Å². The first-order valence-corrected chi connectivity index (χ1v) is 7.12. The van der Waals surface area contributed by atoms with Gasteiger partial charge in [-0.3, -0.25) is 4.79 Å². The second kappa shape index (κ2) is 4.48. The van der Waals surface area contributed by atoms with Crippen molar-refractivity contribution in [3.63, 3.8) is 0 Å². The van der Waals surface area contributed by atoms with Gasteiger partial charge in [-0.05, 0) is 48.9 Å². The van der Waals surface area contributed by atoms with E-state index in [-0.39, 0.29) is 0 Å². The number of thiophene rings is 1. The van der Waals surface area contributed by atoms with Crippen LogP contribution in [0.4, 0.5) is 0 Å². The topological polar surface area (TPSA) is 57.6 Å². The van der Waals surface area contributed by atoms with Crippen LogP contribution in [0.5, 0.6) is 0 Å². The van der Waals surface area contributed by atoms with Crippen LogP contribution < -0.4 is 0 Å². The largest absolute Gasteiger partial charge is 0.475 e. The van der Waals surface area contributed by atoms with E-state index in [1.165, 1.54) is 24.2 Å². The molecular weight excluding hydrogens is 250 g/mol. The highest BCUT2D eigenvalue weighted by Gasteiger charge is 2.37. The van der Waals surface area contributed by atoms with Crippen molar-refractivity contribution < 1.29 is 14.7 Å². The van der Waals surface area contributed by atoms with Gasteiger partial charge >= 0.3 is 5.97 Å². The van der Waals surface area contributed by atoms with E-state index in [9.17, 15) is 9.59 Å². The molecule has 3 aliphatic rings. The van der Waals surface area contributed by atoms with Gasteiger partial charge in [0.2, 0.25) is 0 Å². The zero-order valence-corrected chi connectivity index (χ0v) is 10.8. The van der Waals surface area contributed by atoms with Gasteiger partial charge in [-0.25, -0.2) is 4.79 Å². The van der Waals surface area contributed by atoms with Gasteiger partial charge in [0.05, 0.1) is 4.88 Å². The molecular formula is C13H15NO3S. The Morgan fingerprint density at radius 2 is 2.06 bits per heavy atom. The maximum atomic E-state index is 11.7. The summed E-state index contributed by atoms with van der Waals surface area (Å²) in [5.41, 5.74) is 0.960. The number of carbonyl (C=O) groups excluding carboxylic acids is 1. The lowest BCUT2D eigenvalue weighted by atomic mass is 9.75. The molecule has 0 unspecified atom stereocenters. The van der Waals surface area contributed by atoms with E-state index < -0.39 is 11.8 Å². The summed E-state index contributed by atoms with van der Waals surface area (Å²) >= 11 is 1.26. The summed E-state index contributed by atoms with van der Waals surface area (Å²) in [4.78, 5) is 25.4. The van der Waals surface area contributed by atoms with Crippen LogP contribution >= 0.6 is 11.3 Å². The second-order valence-corrected chi connectivity index (χ2v) is 6.00. The number of Topliss-reactive ketones (excluding diaryl/α,β-unsaturated/α-hetero) is 1. The van der Waals surface area contributed by atoms with Crippen molar-refractivity contribution in [1.82, 2.24) is 4.90 Å². The van der Waals surface area contributed by atoms with Crippen LogP contribution in [0.25, 0.3) is 0 Å². The fourth-order valence-electron chi connectivity index (χ4n) is 3.21. The van der Waals surface area contributed by atoms with E-state index in [2.05, 4.69) is 4.90 Å². The summed E-state index contributed by atoms with van der Waals surface area (Å²) in [6, 6.07) is 1.94. The zero-order valence-electron chi connectivity index (χ0n) is 9.96. The minimum Gasteiger partial charge on any atom is -0.475 e. The first-order valence-electron chi connectivity index (χ1n) is 6.24. The van der Waals surface area contributed by atoms with E-state index in [0.717, 1.165) is 25.2 Å². The number of carboxylic acids is 1. The quantitative estimate of drug-likeness (QED) is 0.669. The summed E-state index contributed by atoms with van der Waals surface area (Å²) in [6.45, 7) is 3.27. The Bertz CT molecular complexity index is 488. The predicted octanol–water partition coefficient (Wildman–Crippen LogP) is 1.82. The predicted molar refractivity (Wildman–Crippen MR) is 68.2 cm³/mol. The molecule has 0 radical (unpaired) electrons. The molecule has 96 valence electrons. The highest BCUT2D eigenvalue weighted by molar-refractivity contribution is 7.13. The molecule has 1 aromatic rings. The second-order valence-electron chi connectivity index (χ2n) is 5.08. The van der Waals surface area contributed by atoms with Crippen LogP contribution in [0.1, 0.15) is 34.0 Å². The molecule has 2 bridgehead atoms. The first kappa shape index (κ1) is 11.9. The van der Waals surface area contributed by atoms with Gasteiger partial charge in [-0.1, -0.05) is 0 Å². The van der Waals surface area contributed by atoms with Crippen molar-refractivity contribution in [3.8, 4) is 0 Å². The van der Waals surface area contributed by atoms with Gasteiger partial charge in [0, 0.05) is 12.5 Å². The summed E-state index contributed by atoms with van der Waals surface area (Å²) in [5.74, 6) is -1.14. The maximum Gasteiger partial charge on any atom is 0.378 e. The molecule has 3 aliphatic heterocycles. The molecule has 1 N–H and O–H groups in total. The zero-order chi connectivity index (χ0) is 12.7. The van der Waals surface area contributed by atoms with Gasteiger partial charge in [0.15, 0.2) is 0 Å². The number of aliphatic carboxylic acids is 1. The molecule has 4 nitrogen and oxygen atoms in total. The van der Waals surface area contributed by atoms with Crippen LogP contribution in [0.3, 0.4) is 0 Å². The number of carbonyl (C=O) groups is 2. The molecule has 0 spiro atoms. The minimum absolute atomic E-state index is 0.344.